The summed E-state index contributed by atoms with van der Waals surface area (Å²) in [4.78, 5) is 51.4. The Kier molecular flexibility index (Phi) is 8.76. The monoisotopic (exact) mass is 690 g/mol. The van der Waals surface area contributed by atoms with Crippen LogP contribution in [0.15, 0.2) is 78.4 Å². The molecule has 0 saturated carbocycles. The van der Waals surface area contributed by atoms with E-state index in [4.69, 9.17) is 14.2 Å². The summed E-state index contributed by atoms with van der Waals surface area (Å²) in [5.74, 6) is -1.19. The highest BCUT2D eigenvalue weighted by molar-refractivity contribution is 14.1. The van der Waals surface area contributed by atoms with Gasteiger partial charge in [0.25, 0.3) is 11.8 Å². The van der Waals surface area contributed by atoms with Crippen molar-refractivity contribution in [2.45, 2.75) is 20.5 Å². The van der Waals surface area contributed by atoms with Gasteiger partial charge in [-0.25, -0.2) is 14.5 Å². The average molecular weight is 690 g/mol. The van der Waals surface area contributed by atoms with Gasteiger partial charge in [-0.1, -0.05) is 36.4 Å². The first kappa shape index (κ1) is 29.8. The topological polar surface area (TPSA) is 111 Å². The zero-order valence-electron chi connectivity index (χ0n) is 23.6. The minimum atomic E-state index is -0.893. The number of imide groups is 2. The fourth-order valence-corrected chi connectivity index (χ4v) is 5.56. The second-order valence-corrected chi connectivity index (χ2v) is 10.8. The van der Waals surface area contributed by atoms with Gasteiger partial charge in [-0.2, -0.15) is 0 Å². The number of barbiturate groups is 1. The SMILES string of the molecule is CCOc1cc(/C=C2\C(=O)NC(=O)N(c3ccc(C(=O)OC)cc3)C2=O)cc(I)c1OCc1c(C)ccc2ccccc12. The number of carbonyl (C=O) groups excluding carboxylic acids is 4. The molecular formula is C33H27IN2O7. The Hall–Kier alpha value is -4.71. The highest BCUT2D eigenvalue weighted by Gasteiger charge is 2.37. The molecule has 218 valence electrons. The van der Waals surface area contributed by atoms with Crippen molar-refractivity contribution in [1.82, 2.24) is 5.32 Å². The van der Waals surface area contributed by atoms with Crippen molar-refractivity contribution in [2.24, 2.45) is 0 Å². The maximum Gasteiger partial charge on any atom is 0.337 e. The lowest BCUT2D eigenvalue weighted by Gasteiger charge is -2.26. The summed E-state index contributed by atoms with van der Waals surface area (Å²) in [6, 6.07) is 20.6. The lowest BCUT2D eigenvalue weighted by atomic mass is 10.0. The lowest BCUT2D eigenvalue weighted by Crippen LogP contribution is -2.54. The van der Waals surface area contributed by atoms with Gasteiger partial charge >= 0.3 is 12.0 Å². The highest BCUT2D eigenvalue weighted by Crippen LogP contribution is 2.37. The number of nitrogens with one attached hydrogen (secondary N) is 1. The van der Waals surface area contributed by atoms with Crippen molar-refractivity contribution in [3.63, 3.8) is 0 Å². The van der Waals surface area contributed by atoms with E-state index in [2.05, 4.69) is 52.2 Å². The number of ether oxygens (including phenoxy) is 3. The molecule has 43 heavy (non-hydrogen) atoms. The van der Waals surface area contributed by atoms with Gasteiger partial charge in [0.15, 0.2) is 11.5 Å². The van der Waals surface area contributed by atoms with Crippen molar-refractivity contribution in [2.75, 3.05) is 18.6 Å². The zero-order valence-corrected chi connectivity index (χ0v) is 25.8. The molecule has 1 saturated heterocycles. The Bertz CT molecular complexity index is 1800. The van der Waals surface area contributed by atoms with E-state index in [0.717, 1.165) is 26.8 Å². The molecule has 0 unspecified atom stereocenters. The fourth-order valence-electron chi connectivity index (χ4n) is 4.78. The van der Waals surface area contributed by atoms with E-state index in [-0.39, 0.29) is 16.8 Å². The molecule has 5 rings (SSSR count). The molecule has 1 aliphatic rings. The number of urea groups is 1. The van der Waals surface area contributed by atoms with Gasteiger partial charge in [-0.15, -0.1) is 0 Å². The first-order valence-corrected chi connectivity index (χ1v) is 14.5. The van der Waals surface area contributed by atoms with E-state index in [1.807, 2.05) is 26.0 Å². The molecular weight excluding hydrogens is 663 g/mol. The first-order valence-electron chi connectivity index (χ1n) is 13.4. The van der Waals surface area contributed by atoms with Crippen LogP contribution in [0.5, 0.6) is 11.5 Å². The van der Waals surface area contributed by atoms with Crippen LogP contribution in [0.1, 0.15) is 34.0 Å². The van der Waals surface area contributed by atoms with Gasteiger partial charge < -0.3 is 14.2 Å². The van der Waals surface area contributed by atoms with Gasteiger partial charge in [0.1, 0.15) is 12.2 Å². The molecule has 4 aromatic carbocycles. The Labute approximate surface area is 261 Å². The first-order chi connectivity index (χ1) is 20.7. The maximum absolute atomic E-state index is 13.4. The number of carbonyl (C=O) groups is 4. The predicted octanol–water partition coefficient (Wildman–Crippen LogP) is 6.18. The number of amides is 4. The van der Waals surface area contributed by atoms with Crippen LogP contribution >= 0.6 is 22.6 Å². The van der Waals surface area contributed by atoms with Crippen molar-refractivity contribution in [1.29, 1.82) is 0 Å². The van der Waals surface area contributed by atoms with Crippen LogP contribution in [0.3, 0.4) is 0 Å². The normalized spacial score (nSPS) is 14.2. The molecule has 1 N–H and O–H groups in total. The quantitative estimate of drug-likeness (QED) is 0.102. The van der Waals surface area contributed by atoms with Crippen molar-refractivity contribution in [3.8, 4) is 11.5 Å². The molecule has 1 heterocycles. The number of esters is 1. The van der Waals surface area contributed by atoms with Gasteiger partial charge in [-0.3, -0.25) is 14.9 Å². The number of hydrogen-bond acceptors (Lipinski definition) is 7. The summed E-state index contributed by atoms with van der Waals surface area (Å²) in [7, 11) is 1.25. The number of nitrogens with zero attached hydrogens (tertiary/aromatic N) is 1. The number of halogens is 1. The molecule has 0 bridgehead atoms. The highest BCUT2D eigenvalue weighted by atomic mass is 127. The van der Waals surface area contributed by atoms with Crippen LogP contribution in [-0.2, 0) is 20.9 Å². The van der Waals surface area contributed by atoms with Crippen LogP contribution in [-0.4, -0.2) is 37.5 Å². The summed E-state index contributed by atoms with van der Waals surface area (Å²) < 4.78 is 17.6. The van der Waals surface area contributed by atoms with Crippen LogP contribution in [0.2, 0.25) is 0 Å². The molecule has 0 radical (unpaired) electrons. The van der Waals surface area contributed by atoms with Crippen LogP contribution in [0.4, 0.5) is 10.5 Å². The van der Waals surface area contributed by atoms with Crippen molar-refractivity contribution in [3.05, 3.63) is 104 Å². The van der Waals surface area contributed by atoms with Gasteiger partial charge in [0, 0.05) is 5.56 Å². The minimum Gasteiger partial charge on any atom is -0.490 e. The Morgan fingerprint density at radius 1 is 0.977 bits per heavy atom. The molecule has 0 spiro atoms. The summed E-state index contributed by atoms with van der Waals surface area (Å²) in [5, 5.41) is 4.44. The molecule has 1 fully saturated rings. The predicted molar refractivity (Wildman–Crippen MR) is 170 cm³/mol. The standard InChI is InChI=1S/C33H27IN2O7/c1-4-42-28-17-20(16-27(34)29(28)43-18-26-19(2)9-10-21-7-5-6-8-24(21)26)15-25-30(37)35-33(40)36(31(25)38)23-13-11-22(12-14-23)32(39)41-3/h5-17H,4,18H2,1-3H3,(H,35,37,40)/b25-15+. The summed E-state index contributed by atoms with van der Waals surface area (Å²) in [6.45, 7) is 4.58. The Morgan fingerprint density at radius 3 is 2.44 bits per heavy atom. The summed E-state index contributed by atoms with van der Waals surface area (Å²) in [5.41, 5.74) is 2.88. The number of aryl methyl sites for hydroxylation is 1. The number of fused-ring (bicyclic) bond motifs is 1. The second-order valence-electron chi connectivity index (χ2n) is 9.63. The van der Waals surface area contributed by atoms with E-state index >= 15 is 0 Å². The van der Waals surface area contributed by atoms with Crippen LogP contribution in [0.25, 0.3) is 16.8 Å². The third-order valence-electron chi connectivity index (χ3n) is 6.93. The third-order valence-corrected chi connectivity index (χ3v) is 7.73. The molecule has 1 aliphatic heterocycles. The molecule has 4 aromatic rings. The second kappa shape index (κ2) is 12.7. The molecule has 0 aromatic heterocycles. The van der Waals surface area contributed by atoms with E-state index in [0.29, 0.717) is 33.8 Å². The summed E-state index contributed by atoms with van der Waals surface area (Å²) >= 11 is 2.13. The smallest absolute Gasteiger partial charge is 0.337 e. The minimum absolute atomic E-state index is 0.186. The lowest BCUT2D eigenvalue weighted by molar-refractivity contribution is -0.122. The number of hydrogen-bond donors (Lipinski definition) is 1. The molecule has 4 amide bonds. The van der Waals surface area contributed by atoms with E-state index in [1.54, 1.807) is 12.1 Å². The Morgan fingerprint density at radius 2 is 1.72 bits per heavy atom. The zero-order chi connectivity index (χ0) is 30.7. The number of anilines is 1. The summed E-state index contributed by atoms with van der Waals surface area (Å²) in [6.07, 6.45) is 1.41. The van der Waals surface area contributed by atoms with Crippen LogP contribution < -0.4 is 19.7 Å². The largest absolute Gasteiger partial charge is 0.490 e. The molecule has 0 atom stereocenters. The van der Waals surface area contributed by atoms with Crippen LogP contribution in [0, 0.1) is 10.5 Å². The maximum atomic E-state index is 13.4. The molecule has 0 aliphatic carbocycles. The van der Waals surface area contributed by atoms with E-state index in [1.165, 1.54) is 37.5 Å². The van der Waals surface area contributed by atoms with Gasteiger partial charge in [0.05, 0.1) is 28.5 Å². The van der Waals surface area contributed by atoms with Crippen molar-refractivity contribution >= 4 is 68.9 Å². The molecule has 9 nitrogen and oxygen atoms in total. The van der Waals surface area contributed by atoms with E-state index in [9.17, 15) is 19.2 Å². The van der Waals surface area contributed by atoms with Gasteiger partial charge in [-0.05, 0) is 101 Å². The fraction of sp³-hybridized carbons (Fsp3) is 0.152. The van der Waals surface area contributed by atoms with E-state index < -0.39 is 23.8 Å². The average Bonchev–Trinajstić information content (AvgIpc) is 2.99. The van der Waals surface area contributed by atoms with Gasteiger partial charge in [0.2, 0.25) is 0 Å². The molecule has 10 heteroatoms. The third kappa shape index (κ3) is 6.09. The number of benzene rings is 4. The number of rotatable bonds is 8. The van der Waals surface area contributed by atoms with Crippen molar-refractivity contribution < 1.29 is 33.4 Å². The number of methoxy groups -OCH3 is 1. The Balaban J connectivity index is 1.45.